The zero-order valence-corrected chi connectivity index (χ0v) is 15.0. The van der Waals surface area contributed by atoms with Gasteiger partial charge >= 0.3 is 0 Å². The molecule has 0 bridgehead atoms. The van der Waals surface area contributed by atoms with Crippen molar-refractivity contribution in [3.05, 3.63) is 23.8 Å². The van der Waals surface area contributed by atoms with Crippen molar-refractivity contribution in [1.29, 1.82) is 0 Å². The summed E-state index contributed by atoms with van der Waals surface area (Å²) in [6.07, 6.45) is 1.47. The summed E-state index contributed by atoms with van der Waals surface area (Å²) in [5.74, 6) is 1.90. The second kappa shape index (κ2) is 7.35. The van der Waals surface area contributed by atoms with E-state index in [1.165, 1.54) is 0 Å². The molecule has 4 nitrogen and oxygen atoms in total. The lowest BCUT2D eigenvalue weighted by molar-refractivity contribution is -0.125. The molecule has 128 valence electrons. The van der Waals surface area contributed by atoms with Crippen molar-refractivity contribution < 1.29 is 9.53 Å². The van der Waals surface area contributed by atoms with Gasteiger partial charge in [-0.05, 0) is 49.3 Å². The smallest absolute Gasteiger partial charge is 0.267 e. The number of fused-ring (bicyclic) bond motifs is 1. The molecule has 1 aromatic carbocycles. The fourth-order valence-electron chi connectivity index (χ4n) is 2.92. The fourth-order valence-corrected chi connectivity index (χ4v) is 2.92. The SMILES string of the molecule is CC(C)CCN1C(=O)C(C)Oc2ccc(C(N)CC(C)C)cc21. The Morgan fingerprint density at radius 2 is 1.91 bits per heavy atom. The number of nitrogens with zero attached hydrogens (tertiary/aromatic N) is 1. The first-order chi connectivity index (χ1) is 10.8. The highest BCUT2D eigenvalue weighted by Gasteiger charge is 2.31. The Bertz CT molecular complexity index is 554. The summed E-state index contributed by atoms with van der Waals surface area (Å²) in [6.45, 7) is 11.2. The average molecular weight is 318 g/mol. The van der Waals surface area contributed by atoms with E-state index in [0.717, 1.165) is 36.4 Å². The predicted octanol–water partition coefficient (Wildman–Crippen LogP) is 3.89. The van der Waals surface area contributed by atoms with Gasteiger partial charge in [-0.1, -0.05) is 33.8 Å². The van der Waals surface area contributed by atoms with E-state index in [4.69, 9.17) is 10.5 Å². The third-order valence-electron chi connectivity index (χ3n) is 4.27. The van der Waals surface area contributed by atoms with Crippen LogP contribution >= 0.6 is 0 Å². The molecular formula is C19H30N2O2. The maximum atomic E-state index is 12.5. The minimum atomic E-state index is -0.426. The Morgan fingerprint density at radius 3 is 2.52 bits per heavy atom. The van der Waals surface area contributed by atoms with Gasteiger partial charge in [0, 0.05) is 12.6 Å². The maximum absolute atomic E-state index is 12.5. The molecule has 0 aromatic heterocycles. The van der Waals surface area contributed by atoms with Gasteiger partial charge in [0.15, 0.2) is 6.10 Å². The molecule has 4 heteroatoms. The Hall–Kier alpha value is -1.55. The molecule has 1 aliphatic heterocycles. The van der Waals surface area contributed by atoms with Crippen molar-refractivity contribution in [1.82, 2.24) is 0 Å². The second-order valence-corrected chi connectivity index (χ2v) is 7.40. The number of hydrogen-bond donors (Lipinski definition) is 1. The number of amides is 1. The van der Waals surface area contributed by atoms with Gasteiger partial charge < -0.3 is 15.4 Å². The lowest BCUT2D eigenvalue weighted by Crippen LogP contribution is -2.45. The minimum absolute atomic E-state index is 0.0123. The summed E-state index contributed by atoms with van der Waals surface area (Å²) < 4.78 is 5.76. The third-order valence-corrected chi connectivity index (χ3v) is 4.27. The number of rotatable bonds is 6. The van der Waals surface area contributed by atoms with Crippen LogP contribution in [0.25, 0.3) is 0 Å². The van der Waals surface area contributed by atoms with Gasteiger partial charge in [-0.15, -0.1) is 0 Å². The number of benzene rings is 1. The highest BCUT2D eigenvalue weighted by Crippen LogP contribution is 2.37. The van der Waals surface area contributed by atoms with Crippen LogP contribution in [0, 0.1) is 11.8 Å². The molecule has 0 spiro atoms. The average Bonchev–Trinajstić information content (AvgIpc) is 2.46. The number of ether oxygens (including phenoxy) is 1. The van der Waals surface area contributed by atoms with Crippen LogP contribution in [-0.2, 0) is 4.79 Å². The normalized spacial score (nSPS) is 19.0. The minimum Gasteiger partial charge on any atom is -0.479 e. The predicted molar refractivity (Wildman–Crippen MR) is 94.7 cm³/mol. The molecule has 2 unspecified atom stereocenters. The monoisotopic (exact) mass is 318 g/mol. The Kier molecular flexibility index (Phi) is 5.69. The molecule has 1 amide bonds. The molecule has 2 rings (SSSR count). The highest BCUT2D eigenvalue weighted by molar-refractivity contribution is 5.99. The molecule has 0 saturated heterocycles. The zero-order chi connectivity index (χ0) is 17.1. The van der Waals surface area contributed by atoms with Crippen molar-refractivity contribution in [2.75, 3.05) is 11.4 Å². The van der Waals surface area contributed by atoms with Gasteiger partial charge in [-0.25, -0.2) is 0 Å². The van der Waals surface area contributed by atoms with E-state index in [9.17, 15) is 4.79 Å². The van der Waals surface area contributed by atoms with Gasteiger partial charge in [0.25, 0.3) is 5.91 Å². The second-order valence-electron chi connectivity index (χ2n) is 7.40. The standard InChI is InChI=1S/C19H30N2O2/c1-12(2)8-9-21-17-11-15(16(20)10-13(3)4)6-7-18(17)23-14(5)19(21)22/h6-7,11-14,16H,8-10,20H2,1-5H3. The topological polar surface area (TPSA) is 55.6 Å². The van der Waals surface area contributed by atoms with E-state index >= 15 is 0 Å². The lowest BCUT2D eigenvalue weighted by atomic mass is 9.96. The summed E-state index contributed by atoms with van der Waals surface area (Å²) in [4.78, 5) is 14.4. The lowest BCUT2D eigenvalue weighted by Gasteiger charge is -2.34. The van der Waals surface area contributed by atoms with Crippen LogP contribution in [0.2, 0.25) is 0 Å². The van der Waals surface area contributed by atoms with E-state index in [1.807, 2.05) is 30.0 Å². The highest BCUT2D eigenvalue weighted by atomic mass is 16.5. The summed E-state index contributed by atoms with van der Waals surface area (Å²) in [5, 5.41) is 0. The van der Waals surface area contributed by atoms with Crippen LogP contribution in [0.4, 0.5) is 5.69 Å². The molecule has 1 heterocycles. The van der Waals surface area contributed by atoms with Gasteiger partial charge in [-0.3, -0.25) is 4.79 Å². The summed E-state index contributed by atoms with van der Waals surface area (Å²) in [7, 11) is 0. The summed E-state index contributed by atoms with van der Waals surface area (Å²) >= 11 is 0. The molecule has 1 aliphatic rings. The molecule has 23 heavy (non-hydrogen) atoms. The first-order valence-electron chi connectivity index (χ1n) is 8.67. The zero-order valence-electron chi connectivity index (χ0n) is 15.0. The van der Waals surface area contributed by atoms with Crippen LogP contribution in [0.1, 0.15) is 59.1 Å². The molecule has 1 aromatic rings. The number of carbonyl (C=O) groups excluding carboxylic acids is 1. The van der Waals surface area contributed by atoms with Gasteiger partial charge in [0.05, 0.1) is 5.69 Å². The number of carbonyl (C=O) groups is 1. The van der Waals surface area contributed by atoms with E-state index in [2.05, 4.69) is 27.7 Å². The van der Waals surface area contributed by atoms with Gasteiger partial charge in [0.1, 0.15) is 5.75 Å². The number of anilines is 1. The molecule has 2 atom stereocenters. The largest absolute Gasteiger partial charge is 0.479 e. The quantitative estimate of drug-likeness (QED) is 0.865. The molecule has 0 saturated carbocycles. The molecule has 0 radical (unpaired) electrons. The van der Waals surface area contributed by atoms with Crippen molar-refractivity contribution in [2.45, 2.75) is 59.6 Å². The first kappa shape index (κ1) is 17.8. The van der Waals surface area contributed by atoms with Crippen LogP contribution in [-0.4, -0.2) is 18.6 Å². The number of hydrogen-bond acceptors (Lipinski definition) is 3. The Balaban J connectivity index is 2.31. The van der Waals surface area contributed by atoms with Crippen molar-refractivity contribution >= 4 is 11.6 Å². The molecule has 0 aliphatic carbocycles. The van der Waals surface area contributed by atoms with Gasteiger partial charge in [0.2, 0.25) is 0 Å². The Labute approximate surface area is 140 Å². The van der Waals surface area contributed by atoms with E-state index in [0.29, 0.717) is 11.8 Å². The van der Waals surface area contributed by atoms with Crippen LogP contribution in [0.15, 0.2) is 18.2 Å². The molecular weight excluding hydrogens is 288 g/mol. The molecule has 0 fully saturated rings. The van der Waals surface area contributed by atoms with E-state index in [-0.39, 0.29) is 11.9 Å². The van der Waals surface area contributed by atoms with Crippen LogP contribution in [0.3, 0.4) is 0 Å². The summed E-state index contributed by atoms with van der Waals surface area (Å²) in [5.41, 5.74) is 8.25. The Morgan fingerprint density at radius 1 is 1.22 bits per heavy atom. The van der Waals surface area contributed by atoms with Crippen molar-refractivity contribution in [2.24, 2.45) is 17.6 Å². The fraction of sp³-hybridized carbons (Fsp3) is 0.632. The molecule has 2 N–H and O–H groups in total. The van der Waals surface area contributed by atoms with Crippen LogP contribution in [0.5, 0.6) is 5.75 Å². The maximum Gasteiger partial charge on any atom is 0.267 e. The van der Waals surface area contributed by atoms with E-state index in [1.54, 1.807) is 0 Å². The van der Waals surface area contributed by atoms with Crippen molar-refractivity contribution in [3.63, 3.8) is 0 Å². The summed E-state index contributed by atoms with van der Waals surface area (Å²) in [6, 6.07) is 6.00. The van der Waals surface area contributed by atoms with E-state index < -0.39 is 6.10 Å². The third kappa shape index (κ3) is 4.25. The first-order valence-corrected chi connectivity index (χ1v) is 8.67. The van der Waals surface area contributed by atoms with Crippen LogP contribution < -0.4 is 15.4 Å². The van der Waals surface area contributed by atoms with Crippen molar-refractivity contribution in [3.8, 4) is 5.75 Å². The number of nitrogens with two attached hydrogens (primary N) is 1. The van der Waals surface area contributed by atoms with Gasteiger partial charge in [-0.2, -0.15) is 0 Å².